The number of nitrogens with zero attached hydrogens (tertiary/aromatic N) is 2. The van der Waals surface area contributed by atoms with Crippen LogP contribution in [0.5, 0.6) is 0 Å². The smallest absolute Gasteiger partial charge is 0.348 e. The Morgan fingerprint density at radius 1 is 1.42 bits per heavy atom. The van der Waals surface area contributed by atoms with E-state index in [1.807, 2.05) is 0 Å². The van der Waals surface area contributed by atoms with Crippen LogP contribution in [0.25, 0.3) is 0 Å². The van der Waals surface area contributed by atoms with E-state index >= 15 is 0 Å². The van der Waals surface area contributed by atoms with Crippen molar-refractivity contribution in [1.29, 1.82) is 5.26 Å². The summed E-state index contributed by atoms with van der Waals surface area (Å²) in [5.41, 5.74) is -0.368. The summed E-state index contributed by atoms with van der Waals surface area (Å²) in [6.45, 7) is 1.70. The maximum atomic E-state index is 11.4. The Hall–Kier alpha value is -2.68. The van der Waals surface area contributed by atoms with Gasteiger partial charge in [-0.3, -0.25) is 0 Å². The van der Waals surface area contributed by atoms with Crippen LogP contribution in [0.3, 0.4) is 0 Å². The normalized spacial score (nSPS) is 12.3. The van der Waals surface area contributed by atoms with Gasteiger partial charge >= 0.3 is 5.97 Å². The number of esters is 1. The Kier molecular flexibility index (Phi) is 5.23. The second kappa shape index (κ2) is 6.91. The first-order valence-corrected chi connectivity index (χ1v) is 5.55. The summed E-state index contributed by atoms with van der Waals surface area (Å²) in [4.78, 5) is 22.5. The van der Waals surface area contributed by atoms with E-state index in [-0.39, 0.29) is 12.2 Å². The van der Waals surface area contributed by atoms with Crippen molar-refractivity contribution in [3.63, 3.8) is 0 Å². The van der Waals surface area contributed by atoms with E-state index < -0.39 is 18.0 Å². The summed E-state index contributed by atoms with van der Waals surface area (Å²) >= 11 is 0. The molecule has 0 saturated heterocycles. The van der Waals surface area contributed by atoms with Gasteiger partial charge in [0.2, 0.25) is 6.04 Å². The number of ether oxygens (including phenoxy) is 1. The lowest BCUT2D eigenvalue weighted by Crippen LogP contribution is -2.48. The number of hydrogen-bond acceptors (Lipinski definition) is 5. The van der Waals surface area contributed by atoms with E-state index in [1.54, 1.807) is 31.2 Å². The number of carboxylic acids is 1. The van der Waals surface area contributed by atoms with Gasteiger partial charge < -0.3 is 14.6 Å². The molecule has 0 aromatic carbocycles. The Morgan fingerprint density at radius 3 is 2.53 bits per heavy atom. The molecule has 6 heteroatoms. The largest absolute Gasteiger partial charge is 0.543 e. The number of carbonyl (C=O) groups excluding carboxylic acids is 2. The summed E-state index contributed by atoms with van der Waals surface area (Å²) in [6, 6.07) is 5.34. The van der Waals surface area contributed by atoms with Gasteiger partial charge in [0, 0.05) is 18.2 Å². The van der Waals surface area contributed by atoms with Gasteiger partial charge in [0.1, 0.15) is 17.6 Å². The number of nitriles is 1. The van der Waals surface area contributed by atoms with Crippen molar-refractivity contribution >= 4 is 11.9 Å². The maximum Gasteiger partial charge on any atom is 0.348 e. The number of aromatic nitrogens is 1. The molecule has 0 saturated carbocycles. The Labute approximate surface area is 110 Å². The summed E-state index contributed by atoms with van der Waals surface area (Å²) in [5, 5.41) is 20.0. The standard InChI is InChI=1S/C13H12N2O4/c1-2-19-13(18)10(9-14)8-11(12(16)17)15-6-4-3-5-7-15/h3-8,11H,2H2,1H3/b10-8+/t11-/m1/s1. The number of pyridine rings is 1. The van der Waals surface area contributed by atoms with Crippen molar-refractivity contribution in [2.24, 2.45) is 0 Å². The molecule has 0 bridgehead atoms. The number of carbonyl (C=O) groups is 2. The Balaban J connectivity index is 3.11. The highest BCUT2D eigenvalue weighted by atomic mass is 16.5. The van der Waals surface area contributed by atoms with Crippen LogP contribution in [-0.4, -0.2) is 18.5 Å². The van der Waals surface area contributed by atoms with E-state index in [4.69, 9.17) is 5.26 Å². The van der Waals surface area contributed by atoms with E-state index in [0.29, 0.717) is 0 Å². The molecule has 0 unspecified atom stereocenters. The molecule has 1 aromatic rings. The predicted molar refractivity (Wildman–Crippen MR) is 61.0 cm³/mol. The van der Waals surface area contributed by atoms with E-state index in [0.717, 1.165) is 6.08 Å². The first kappa shape index (κ1) is 14.4. The average molecular weight is 260 g/mol. The first-order valence-electron chi connectivity index (χ1n) is 5.55. The zero-order valence-corrected chi connectivity index (χ0v) is 10.3. The molecule has 1 rings (SSSR count). The van der Waals surface area contributed by atoms with Gasteiger partial charge in [0.05, 0.1) is 6.61 Å². The number of carboxylic acid groups (broad SMARTS) is 1. The van der Waals surface area contributed by atoms with Crippen LogP contribution in [0, 0.1) is 11.3 Å². The van der Waals surface area contributed by atoms with Gasteiger partial charge in [-0.15, -0.1) is 0 Å². The Morgan fingerprint density at radius 2 is 2.05 bits per heavy atom. The molecule has 0 radical (unpaired) electrons. The fourth-order valence-corrected chi connectivity index (χ4v) is 1.39. The highest BCUT2D eigenvalue weighted by Crippen LogP contribution is 2.05. The molecule has 0 fully saturated rings. The minimum atomic E-state index is -1.42. The van der Waals surface area contributed by atoms with E-state index in [1.165, 1.54) is 17.0 Å². The molecule has 1 heterocycles. The second-order valence-electron chi connectivity index (χ2n) is 3.50. The molecular formula is C13H12N2O4. The summed E-state index contributed by atoms with van der Waals surface area (Å²) in [6.07, 6.45) is 4.00. The minimum Gasteiger partial charge on any atom is -0.543 e. The molecular weight excluding hydrogens is 248 g/mol. The van der Waals surface area contributed by atoms with Crippen molar-refractivity contribution in [2.75, 3.05) is 6.61 Å². The molecule has 1 atom stereocenters. The molecule has 0 aliphatic carbocycles. The molecule has 98 valence electrons. The predicted octanol–water partition coefficient (Wildman–Crippen LogP) is -0.722. The van der Waals surface area contributed by atoms with Crippen molar-refractivity contribution in [3.05, 3.63) is 42.2 Å². The molecule has 0 N–H and O–H groups in total. The first-order chi connectivity index (χ1) is 9.10. The topological polar surface area (TPSA) is 94.1 Å². The van der Waals surface area contributed by atoms with Crippen LogP contribution in [-0.2, 0) is 14.3 Å². The van der Waals surface area contributed by atoms with Gasteiger partial charge in [-0.1, -0.05) is 6.07 Å². The average Bonchev–Trinajstić information content (AvgIpc) is 2.40. The summed E-state index contributed by atoms with van der Waals surface area (Å²) in [5.74, 6) is -2.28. The minimum absolute atomic E-state index is 0.103. The molecule has 0 aliphatic heterocycles. The quantitative estimate of drug-likeness (QED) is 0.301. The molecule has 0 amide bonds. The number of hydrogen-bond donors (Lipinski definition) is 0. The SMILES string of the molecule is CCOC(=O)/C(C#N)=C/[C@H](C(=O)[O-])[n+]1ccccc1. The van der Waals surface area contributed by atoms with Crippen molar-refractivity contribution in [1.82, 2.24) is 0 Å². The van der Waals surface area contributed by atoms with Crippen LogP contribution < -0.4 is 9.67 Å². The monoisotopic (exact) mass is 260 g/mol. The molecule has 0 aliphatic rings. The molecule has 6 nitrogen and oxygen atoms in total. The Bertz CT molecular complexity index is 531. The van der Waals surface area contributed by atoms with Gasteiger partial charge in [0.15, 0.2) is 12.4 Å². The van der Waals surface area contributed by atoms with Crippen LogP contribution in [0.15, 0.2) is 42.2 Å². The van der Waals surface area contributed by atoms with Crippen LogP contribution in [0.2, 0.25) is 0 Å². The lowest BCUT2D eigenvalue weighted by Gasteiger charge is -2.09. The van der Waals surface area contributed by atoms with Crippen LogP contribution in [0.4, 0.5) is 0 Å². The lowest BCUT2D eigenvalue weighted by atomic mass is 10.1. The van der Waals surface area contributed by atoms with Gasteiger partial charge in [-0.2, -0.15) is 9.83 Å². The van der Waals surface area contributed by atoms with Crippen LogP contribution in [0.1, 0.15) is 13.0 Å². The fourth-order valence-electron chi connectivity index (χ4n) is 1.39. The van der Waals surface area contributed by atoms with Crippen LogP contribution >= 0.6 is 0 Å². The van der Waals surface area contributed by atoms with Crippen molar-refractivity contribution < 1.29 is 24.0 Å². The van der Waals surface area contributed by atoms with Gasteiger partial charge in [0.25, 0.3) is 0 Å². The lowest BCUT2D eigenvalue weighted by molar-refractivity contribution is -0.705. The second-order valence-corrected chi connectivity index (χ2v) is 3.50. The zero-order chi connectivity index (χ0) is 14.3. The molecule has 0 spiro atoms. The number of rotatable bonds is 5. The molecule has 19 heavy (non-hydrogen) atoms. The fraction of sp³-hybridized carbons (Fsp3) is 0.231. The highest BCUT2D eigenvalue weighted by Gasteiger charge is 2.21. The third kappa shape index (κ3) is 3.92. The van der Waals surface area contributed by atoms with Gasteiger partial charge in [-0.05, 0) is 6.92 Å². The highest BCUT2D eigenvalue weighted by molar-refractivity contribution is 5.93. The third-order valence-corrected chi connectivity index (χ3v) is 2.24. The third-order valence-electron chi connectivity index (χ3n) is 2.24. The molecule has 1 aromatic heterocycles. The van der Waals surface area contributed by atoms with Gasteiger partial charge in [-0.25, -0.2) is 4.79 Å². The summed E-state index contributed by atoms with van der Waals surface area (Å²) < 4.78 is 5.97. The van der Waals surface area contributed by atoms with Crippen molar-refractivity contribution in [3.8, 4) is 6.07 Å². The van der Waals surface area contributed by atoms with Crippen molar-refractivity contribution in [2.45, 2.75) is 13.0 Å². The maximum absolute atomic E-state index is 11.4. The zero-order valence-electron chi connectivity index (χ0n) is 10.3. The van der Waals surface area contributed by atoms with E-state index in [9.17, 15) is 14.7 Å². The number of aliphatic carboxylic acids is 1. The summed E-state index contributed by atoms with van der Waals surface area (Å²) in [7, 11) is 0. The van der Waals surface area contributed by atoms with E-state index in [2.05, 4.69) is 4.74 Å².